The lowest BCUT2D eigenvalue weighted by Gasteiger charge is -2.17. The first-order valence-electron chi connectivity index (χ1n) is 4.82. The monoisotopic (exact) mass is 187 g/mol. The maximum atomic E-state index is 4.16. The third-order valence-electron chi connectivity index (χ3n) is 2.08. The van der Waals surface area contributed by atoms with Crippen molar-refractivity contribution in [1.82, 2.24) is 5.01 Å². The normalized spacial score (nSPS) is 16.4. The molecule has 1 aromatic carbocycles. The topological polar surface area (TPSA) is 28.0 Å². The van der Waals surface area contributed by atoms with Gasteiger partial charge in [-0.1, -0.05) is 35.6 Å². The van der Waals surface area contributed by atoms with Crippen LogP contribution in [0.15, 0.2) is 52.8 Å². The van der Waals surface area contributed by atoms with E-state index < -0.39 is 0 Å². The highest BCUT2D eigenvalue weighted by atomic mass is 15.5. The van der Waals surface area contributed by atoms with Gasteiger partial charge in [0.1, 0.15) is 0 Å². The molecule has 14 heavy (non-hydrogen) atoms. The minimum Gasteiger partial charge on any atom is -0.274 e. The summed E-state index contributed by atoms with van der Waals surface area (Å²) in [6.07, 6.45) is 5.36. The first kappa shape index (κ1) is 8.94. The van der Waals surface area contributed by atoms with Crippen molar-refractivity contribution in [3.63, 3.8) is 0 Å². The molecule has 0 saturated heterocycles. The molecule has 0 fully saturated rings. The van der Waals surface area contributed by atoms with E-state index >= 15 is 0 Å². The Labute approximate surface area is 83.7 Å². The van der Waals surface area contributed by atoms with Crippen molar-refractivity contribution in [1.29, 1.82) is 0 Å². The Balaban J connectivity index is 1.97. The molecule has 0 bridgehead atoms. The van der Waals surface area contributed by atoms with E-state index in [1.54, 1.807) is 0 Å². The van der Waals surface area contributed by atoms with Gasteiger partial charge < -0.3 is 0 Å². The molecule has 1 aliphatic heterocycles. The number of rotatable bonds is 2. The first-order chi connectivity index (χ1) is 6.95. The minimum absolute atomic E-state index is 0.871. The molecule has 2 rings (SSSR count). The van der Waals surface area contributed by atoms with Gasteiger partial charge in [-0.25, -0.2) is 0 Å². The second-order valence-corrected chi connectivity index (χ2v) is 3.20. The summed E-state index contributed by atoms with van der Waals surface area (Å²) in [5.74, 6) is 0. The zero-order valence-electron chi connectivity index (χ0n) is 8.00. The van der Waals surface area contributed by atoms with Crippen LogP contribution in [0.3, 0.4) is 0 Å². The Morgan fingerprint density at radius 1 is 1.07 bits per heavy atom. The van der Waals surface area contributed by atoms with Crippen molar-refractivity contribution >= 4 is 5.69 Å². The van der Waals surface area contributed by atoms with Gasteiger partial charge in [0.25, 0.3) is 0 Å². The molecule has 0 N–H and O–H groups in total. The molecule has 0 saturated carbocycles. The van der Waals surface area contributed by atoms with Crippen LogP contribution in [0.5, 0.6) is 0 Å². The van der Waals surface area contributed by atoms with Gasteiger partial charge in [-0.3, -0.25) is 5.01 Å². The van der Waals surface area contributed by atoms with Crippen LogP contribution in [0.2, 0.25) is 0 Å². The van der Waals surface area contributed by atoms with Crippen LogP contribution in [0.1, 0.15) is 6.42 Å². The van der Waals surface area contributed by atoms with Gasteiger partial charge in [0.05, 0.1) is 12.2 Å². The summed E-state index contributed by atoms with van der Waals surface area (Å²) < 4.78 is 0. The molecule has 1 heterocycles. The second-order valence-electron chi connectivity index (χ2n) is 3.20. The third-order valence-corrected chi connectivity index (χ3v) is 2.08. The van der Waals surface area contributed by atoms with E-state index in [4.69, 9.17) is 0 Å². The number of hydrogen-bond acceptors (Lipinski definition) is 2. The van der Waals surface area contributed by atoms with Crippen molar-refractivity contribution in [2.24, 2.45) is 10.3 Å². The van der Waals surface area contributed by atoms with Crippen LogP contribution in [0, 0.1) is 0 Å². The smallest absolute Gasteiger partial charge is 0.0874 e. The zero-order valence-corrected chi connectivity index (χ0v) is 8.00. The average Bonchev–Trinajstić information content (AvgIpc) is 2.29. The summed E-state index contributed by atoms with van der Waals surface area (Å²) in [7, 11) is 0. The minimum atomic E-state index is 0.871. The maximum absolute atomic E-state index is 4.16. The predicted octanol–water partition coefficient (Wildman–Crippen LogP) is 2.95. The van der Waals surface area contributed by atoms with Crippen molar-refractivity contribution in [3.05, 3.63) is 42.5 Å². The van der Waals surface area contributed by atoms with Crippen LogP contribution in [-0.4, -0.2) is 18.1 Å². The first-order valence-corrected chi connectivity index (χ1v) is 4.82. The Hall–Kier alpha value is -1.64. The maximum Gasteiger partial charge on any atom is 0.0874 e. The lowest BCUT2D eigenvalue weighted by Crippen LogP contribution is -2.20. The molecule has 0 aliphatic carbocycles. The molecule has 3 heteroatoms. The number of benzene rings is 1. The molecular weight excluding hydrogens is 174 g/mol. The highest BCUT2D eigenvalue weighted by Gasteiger charge is 2.01. The van der Waals surface area contributed by atoms with E-state index in [1.807, 2.05) is 35.3 Å². The van der Waals surface area contributed by atoms with Gasteiger partial charge in [0.2, 0.25) is 0 Å². The Morgan fingerprint density at radius 2 is 1.93 bits per heavy atom. The van der Waals surface area contributed by atoms with E-state index in [1.165, 1.54) is 0 Å². The van der Waals surface area contributed by atoms with Crippen LogP contribution in [0.25, 0.3) is 0 Å². The highest BCUT2D eigenvalue weighted by Crippen LogP contribution is 2.11. The van der Waals surface area contributed by atoms with Crippen LogP contribution in [0.4, 0.5) is 5.69 Å². The van der Waals surface area contributed by atoms with Gasteiger partial charge in [-0.2, -0.15) is 0 Å². The lowest BCUT2D eigenvalue weighted by atomic mass is 10.3. The van der Waals surface area contributed by atoms with Gasteiger partial charge in [-0.05, 0) is 18.6 Å². The molecule has 72 valence electrons. The third kappa shape index (κ3) is 2.42. The van der Waals surface area contributed by atoms with Gasteiger partial charge in [0, 0.05) is 6.54 Å². The molecule has 1 aliphatic rings. The average molecular weight is 187 g/mol. The second kappa shape index (κ2) is 4.56. The van der Waals surface area contributed by atoms with Crippen LogP contribution in [-0.2, 0) is 0 Å². The molecule has 0 spiro atoms. The Kier molecular flexibility index (Phi) is 2.91. The molecule has 3 nitrogen and oxygen atoms in total. The van der Waals surface area contributed by atoms with Crippen molar-refractivity contribution in [3.8, 4) is 0 Å². The predicted molar refractivity (Wildman–Crippen MR) is 56.3 cm³/mol. The van der Waals surface area contributed by atoms with E-state index in [0.29, 0.717) is 0 Å². The summed E-state index contributed by atoms with van der Waals surface area (Å²) in [5.41, 5.74) is 0.905. The van der Waals surface area contributed by atoms with Crippen molar-refractivity contribution in [2.45, 2.75) is 6.42 Å². The summed E-state index contributed by atoms with van der Waals surface area (Å²) >= 11 is 0. The molecular formula is C11H13N3. The summed E-state index contributed by atoms with van der Waals surface area (Å²) in [4.78, 5) is 0. The SMILES string of the molecule is C1=CCN(N=Nc2ccccc2)CC1. The largest absolute Gasteiger partial charge is 0.274 e. The van der Waals surface area contributed by atoms with Gasteiger partial charge in [-0.15, -0.1) is 5.11 Å². The fourth-order valence-corrected chi connectivity index (χ4v) is 1.32. The quantitative estimate of drug-likeness (QED) is 0.516. The fourth-order valence-electron chi connectivity index (χ4n) is 1.32. The van der Waals surface area contributed by atoms with Gasteiger partial charge >= 0.3 is 0 Å². The van der Waals surface area contributed by atoms with Crippen LogP contribution < -0.4 is 0 Å². The molecule has 0 radical (unpaired) electrons. The Morgan fingerprint density at radius 3 is 2.64 bits per heavy atom. The molecule has 0 unspecified atom stereocenters. The standard InChI is InChI=1S/C11H13N3/c1-3-7-11(8-4-1)12-13-14-9-5-2-6-10-14/h1-5,7-8H,6,9-10H2. The molecule has 0 amide bonds. The van der Waals surface area contributed by atoms with E-state index in [-0.39, 0.29) is 0 Å². The van der Waals surface area contributed by atoms with E-state index in [0.717, 1.165) is 25.2 Å². The van der Waals surface area contributed by atoms with Crippen molar-refractivity contribution < 1.29 is 0 Å². The summed E-state index contributed by atoms with van der Waals surface area (Å²) in [5, 5.41) is 10.3. The van der Waals surface area contributed by atoms with E-state index in [9.17, 15) is 0 Å². The summed E-state index contributed by atoms with van der Waals surface area (Å²) in [6.45, 7) is 1.84. The molecule has 1 aromatic rings. The fraction of sp³-hybridized carbons (Fsp3) is 0.273. The zero-order chi connectivity index (χ0) is 9.64. The summed E-state index contributed by atoms with van der Waals surface area (Å²) in [6, 6.07) is 9.80. The number of hydrogen-bond donors (Lipinski definition) is 0. The number of nitrogens with zero attached hydrogens (tertiary/aromatic N) is 3. The van der Waals surface area contributed by atoms with Crippen molar-refractivity contribution in [2.75, 3.05) is 13.1 Å². The molecule has 0 aromatic heterocycles. The van der Waals surface area contributed by atoms with Gasteiger partial charge in [0.15, 0.2) is 0 Å². The van der Waals surface area contributed by atoms with Crippen LogP contribution >= 0.6 is 0 Å². The highest BCUT2D eigenvalue weighted by molar-refractivity contribution is 5.34. The lowest BCUT2D eigenvalue weighted by molar-refractivity contribution is 0.295. The molecule has 0 atom stereocenters. The Bertz CT molecular complexity index is 330. The van der Waals surface area contributed by atoms with E-state index in [2.05, 4.69) is 22.5 Å².